The van der Waals surface area contributed by atoms with Crippen molar-refractivity contribution < 1.29 is 9.90 Å². The molecule has 0 aliphatic heterocycles. The van der Waals surface area contributed by atoms with Gasteiger partial charge in [0.1, 0.15) is 16.1 Å². The molecule has 98 valence electrons. The van der Waals surface area contributed by atoms with Crippen molar-refractivity contribution in [3.63, 3.8) is 0 Å². The molecule has 0 atom stereocenters. The summed E-state index contributed by atoms with van der Waals surface area (Å²) >= 11 is 11.6. The van der Waals surface area contributed by atoms with Gasteiger partial charge in [-0.1, -0.05) is 23.2 Å². The summed E-state index contributed by atoms with van der Waals surface area (Å²) < 4.78 is 0. The number of amides is 1. The lowest BCUT2D eigenvalue weighted by Gasteiger charge is -2.17. The number of anilines is 1. The molecule has 0 aliphatic carbocycles. The number of hydrogen-bond acceptors (Lipinski definition) is 3. The molecule has 19 heavy (non-hydrogen) atoms. The zero-order valence-corrected chi connectivity index (χ0v) is 11.5. The lowest BCUT2D eigenvalue weighted by molar-refractivity contribution is 0.0993. The van der Waals surface area contributed by atoms with Crippen molar-refractivity contribution in [2.24, 2.45) is 0 Å². The van der Waals surface area contributed by atoms with Gasteiger partial charge >= 0.3 is 0 Å². The summed E-state index contributed by atoms with van der Waals surface area (Å²) in [5.41, 5.74) is 0.899. The summed E-state index contributed by atoms with van der Waals surface area (Å²) in [6.07, 6.45) is 0. The largest absolute Gasteiger partial charge is 0.508 e. The normalized spacial score (nSPS) is 10.3. The Morgan fingerprint density at radius 2 is 1.79 bits per heavy atom. The van der Waals surface area contributed by atoms with Gasteiger partial charge in [-0.25, -0.2) is 4.98 Å². The van der Waals surface area contributed by atoms with Crippen LogP contribution in [0.15, 0.2) is 36.4 Å². The van der Waals surface area contributed by atoms with Crippen molar-refractivity contribution in [3.8, 4) is 5.75 Å². The Morgan fingerprint density at radius 1 is 1.16 bits per heavy atom. The summed E-state index contributed by atoms with van der Waals surface area (Å²) in [6, 6.07) is 9.29. The van der Waals surface area contributed by atoms with E-state index in [-0.39, 0.29) is 27.5 Å². The van der Waals surface area contributed by atoms with Gasteiger partial charge in [0.2, 0.25) is 0 Å². The number of phenolic OH excluding ortho intramolecular Hbond substituents is 1. The van der Waals surface area contributed by atoms with Gasteiger partial charge in [0, 0.05) is 12.7 Å². The van der Waals surface area contributed by atoms with Crippen molar-refractivity contribution in [1.29, 1.82) is 0 Å². The molecule has 0 radical (unpaired) electrons. The monoisotopic (exact) mass is 296 g/mol. The molecule has 1 amide bonds. The number of carbonyl (C=O) groups excluding carboxylic acids is 1. The van der Waals surface area contributed by atoms with Crippen LogP contribution in [0, 0.1) is 0 Å². The van der Waals surface area contributed by atoms with Crippen molar-refractivity contribution in [3.05, 3.63) is 52.3 Å². The van der Waals surface area contributed by atoms with Crippen LogP contribution in [0.5, 0.6) is 5.75 Å². The number of carbonyl (C=O) groups is 1. The third-order valence-electron chi connectivity index (χ3n) is 2.59. The molecule has 0 spiro atoms. The van der Waals surface area contributed by atoms with Crippen LogP contribution in [-0.4, -0.2) is 23.0 Å². The molecule has 0 bridgehead atoms. The summed E-state index contributed by atoms with van der Waals surface area (Å²) in [5, 5.41) is 9.51. The number of benzene rings is 1. The molecule has 2 aromatic rings. The molecule has 1 N–H and O–H groups in total. The predicted octanol–water partition coefficient (Wildman–Crippen LogP) is 3.37. The second-order valence-electron chi connectivity index (χ2n) is 3.85. The molecule has 6 heteroatoms. The fourth-order valence-electron chi connectivity index (χ4n) is 1.55. The predicted molar refractivity (Wildman–Crippen MR) is 75.1 cm³/mol. The molecule has 4 nitrogen and oxygen atoms in total. The number of halogens is 2. The third-order valence-corrected chi connectivity index (χ3v) is 3.09. The van der Waals surface area contributed by atoms with Gasteiger partial charge in [-0.05, 0) is 36.4 Å². The van der Waals surface area contributed by atoms with Crippen LogP contribution in [0.4, 0.5) is 5.69 Å². The third kappa shape index (κ3) is 2.97. The molecule has 0 fully saturated rings. The maximum atomic E-state index is 12.3. The van der Waals surface area contributed by atoms with Crippen LogP contribution in [0.1, 0.15) is 10.4 Å². The Labute approximate surface area is 120 Å². The number of nitrogens with zero attached hydrogens (tertiary/aromatic N) is 2. The van der Waals surface area contributed by atoms with E-state index in [1.165, 1.54) is 29.2 Å². The van der Waals surface area contributed by atoms with Gasteiger partial charge in [-0.2, -0.15) is 0 Å². The van der Waals surface area contributed by atoms with Gasteiger partial charge in [0.15, 0.2) is 0 Å². The second kappa shape index (κ2) is 5.47. The van der Waals surface area contributed by atoms with Crippen molar-refractivity contribution in [2.45, 2.75) is 0 Å². The molecule has 1 aromatic carbocycles. The number of phenols is 1. The van der Waals surface area contributed by atoms with E-state index in [1.807, 2.05) is 0 Å². The maximum Gasteiger partial charge on any atom is 0.261 e. The fraction of sp³-hybridized carbons (Fsp3) is 0.0769. The second-order valence-corrected chi connectivity index (χ2v) is 4.60. The molecule has 1 aromatic heterocycles. The number of rotatable bonds is 2. The van der Waals surface area contributed by atoms with Gasteiger partial charge < -0.3 is 10.0 Å². The van der Waals surface area contributed by atoms with Crippen LogP contribution in [0.25, 0.3) is 0 Å². The Bertz CT molecular complexity index is 615. The van der Waals surface area contributed by atoms with E-state index >= 15 is 0 Å². The first-order valence-electron chi connectivity index (χ1n) is 5.38. The van der Waals surface area contributed by atoms with Gasteiger partial charge in [0.25, 0.3) is 5.91 Å². The zero-order valence-electron chi connectivity index (χ0n) is 9.97. The number of pyridine rings is 1. The van der Waals surface area contributed by atoms with E-state index in [9.17, 15) is 9.90 Å². The van der Waals surface area contributed by atoms with Gasteiger partial charge in [0.05, 0.1) is 5.56 Å². The van der Waals surface area contributed by atoms with Crippen LogP contribution in [0.2, 0.25) is 10.3 Å². The Morgan fingerprint density at radius 3 is 2.37 bits per heavy atom. The Balaban J connectivity index is 2.30. The topological polar surface area (TPSA) is 53.4 Å². The highest BCUT2D eigenvalue weighted by atomic mass is 35.5. The van der Waals surface area contributed by atoms with Gasteiger partial charge in [-0.3, -0.25) is 4.79 Å². The maximum absolute atomic E-state index is 12.3. The van der Waals surface area contributed by atoms with Crippen molar-refractivity contribution >= 4 is 34.8 Å². The quantitative estimate of drug-likeness (QED) is 0.865. The SMILES string of the molecule is CN(C(=O)c1ccc(Cl)nc1Cl)c1ccc(O)cc1. The minimum absolute atomic E-state index is 0.0585. The fourth-order valence-corrected chi connectivity index (χ4v) is 1.97. The smallest absolute Gasteiger partial charge is 0.261 e. The van der Waals surface area contributed by atoms with Gasteiger partial charge in [-0.15, -0.1) is 0 Å². The van der Waals surface area contributed by atoms with Crippen LogP contribution >= 0.6 is 23.2 Å². The molecular formula is C13H10Cl2N2O2. The summed E-state index contributed by atoms with van der Waals surface area (Å²) in [4.78, 5) is 17.5. The lowest BCUT2D eigenvalue weighted by atomic mass is 10.2. The van der Waals surface area contributed by atoms with Crippen molar-refractivity contribution in [1.82, 2.24) is 4.98 Å². The summed E-state index contributed by atoms with van der Waals surface area (Å²) in [5.74, 6) is -0.171. The van der Waals surface area contributed by atoms with Crippen molar-refractivity contribution in [2.75, 3.05) is 11.9 Å². The highest BCUT2D eigenvalue weighted by molar-refractivity contribution is 6.35. The van der Waals surface area contributed by atoms with Crippen LogP contribution in [0.3, 0.4) is 0 Å². The summed E-state index contributed by atoms with van der Waals surface area (Å²) in [7, 11) is 1.61. The molecule has 0 aliphatic rings. The molecular weight excluding hydrogens is 287 g/mol. The average Bonchev–Trinajstić information content (AvgIpc) is 2.38. The molecule has 0 saturated carbocycles. The lowest BCUT2D eigenvalue weighted by Crippen LogP contribution is -2.26. The first kappa shape index (κ1) is 13.6. The first-order valence-corrected chi connectivity index (χ1v) is 6.14. The molecule has 0 unspecified atom stereocenters. The van der Waals surface area contributed by atoms with Crippen LogP contribution < -0.4 is 4.90 Å². The van der Waals surface area contributed by atoms with E-state index in [2.05, 4.69) is 4.98 Å². The molecule has 2 rings (SSSR count). The van der Waals surface area contributed by atoms with E-state index < -0.39 is 0 Å². The minimum Gasteiger partial charge on any atom is -0.508 e. The Kier molecular flexibility index (Phi) is 3.93. The number of aromatic nitrogens is 1. The van der Waals surface area contributed by atoms with E-state index in [0.29, 0.717) is 5.69 Å². The molecule has 1 heterocycles. The number of hydrogen-bond donors (Lipinski definition) is 1. The first-order chi connectivity index (χ1) is 8.99. The molecule has 0 saturated heterocycles. The number of aromatic hydroxyl groups is 1. The summed E-state index contributed by atoms with van der Waals surface area (Å²) in [6.45, 7) is 0. The zero-order chi connectivity index (χ0) is 14.0. The average molecular weight is 297 g/mol. The standard InChI is InChI=1S/C13H10Cl2N2O2/c1-17(8-2-4-9(18)5-3-8)13(19)10-6-7-11(14)16-12(10)15/h2-7,18H,1H3. The highest BCUT2D eigenvalue weighted by Crippen LogP contribution is 2.22. The Hall–Kier alpha value is -1.78. The minimum atomic E-state index is -0.306. The van der Waals surface area contributed by atoms with E-state index in [1.54, 1.807) is 19.2 Å². The highest BCUT2D eigenvalue weighted by Gasteiger charge is 2.17. The van der Waals surface area contributed by atoms with E-state index in [0.717, 1.165) is 0 Å². The van der Waals surface area contributed by atoms with Crippen LogP contribution in [-0.2, 0) is 0 Å². The van der Waals surface area contributed by atoms with E-state index in [4.69, 9.17) is 23.2 Å².